The van der Waals surface area contributed by atoms with Crippen LogP contribution in [0.5, 0.6) is 0 Å². The quantitative estimate of drug-likeness (QED) is 0.653. The highest BCUT2D eigenvalue weighted by Gasteiger charge is 2.30. The lowest BCUT2D eigenvalue weighted by Crippen LogP contribution is -2.22. The Kier molecular flexibility index (Phi) is 4.09. The van der Waals surface area contributed by atoms with Crippen LogP contribution in [-0.4, -0.2) is 26.5 Å². The number of halogens is 2. The van der Waals surface area contributed by atoms with Crippen molar-refractivity contribution < 1.29 is 4.39 Å². The lowest BCUT2D eigenvalue weighted by atomic mass is 10.1. The van der Waals surface area contributed by atoms with E-state index in [0.717, 1.165) is 29.0 Å². The predicted molar refractivity (Wildman–Crippen MR) is 95.5 cm³/mol. The van der Waals surface area contributed by atoms with E-state index in [4.69, 9.17) is 0 Å². The van der Waals surface area contributed by atoms with Crippen LogP contribution < -0.4 is 4.90 Å². The van der Waals surface area contributed by atoms with Crippen molar-refractivity contribution in [2.24, 2.45) is 7.05 Å². The van der Waals surface area contributed by atoms with E-state index in [0.29, 0.717) is 10.6 Å². The van der Waals surface area contributed by atoms with Crippen molar-refractivity contribution in [3.8, 4) is 10.6 Å². The Balaban J connectivity index is 1.65. The first-order valence-electron chi connectivity index (χ1n) is 7.66. The van der Waals surface area contributed by atoms with Crippen LogP contribution in [0.15, 0.2) is 35.1 Å². The molecule has 0 radical (unpaired) electrons. The molecule has 1 unspecified atom stereocenters. The highest BCUT2D eigenvalue weighted by atomic mass is 79.9. The molecule has 1 aromatic carbocycles. The zero-order valence-corrected chi connectivity index (χ0v) is 15.4. The molecule has 2 aromatic heterocycles. The van der Waals surface area contributed by atoms with E-state index in [1.165, 1.54) is 23.0 Å². The predicted octanol–water partition coefficient (Wildman–Crippen LogP) is 4.18. The highest BCUT2D eigenvalue weighted by molar-refractivity contribution is 9.10. The van der Waals surface area contributed by atoms with Gasteiger partial charge in [0.1, 0.15) is 5.82 Å². The van der Waals surface area contributed by atoms with Crippen molar-refractivity contribution in [3.05, 3.63) is 46.4 Å². The molecule has 1 saturated heterocycles. The van der Waals surface area contributed by atoms with Crippen molar-refractivity contribution in [2.75, 3.05) is 11.4 Å². The standard InChI is InChI=1S/C16H15BrFN5S/c1-22-9-10(8-19-22)14-3-2-6-23(14)16-21-20-15(24-16)12-7-11(17)4-5-13(12)18/h4-5,7-9,14H,2-3,6H2,1H3. The zero-order chi connectivity index (χ0) is 16.7. The van der Waals surface area contributed by atoms with Crippen molar-refractivity contribution >= 4 is 32.4 Å². The molecule has 124 valence electrons. The first kappa shape index (κ1) is 15.7. The molecule has 8 heteroatoms. The van der Waals surface area contributed by atoms with E-state index in [1.54, 1.807) is 12.1 Å². The third-order valence-corrected chi connectivity index (χ3v) is 5.67. The Morgan fingerprint density at radius 3 is 3.00 bits per heavy atom. The van der Waals surface area contributed by atoms with E-state index >= 15 is 0 Å². The van der Waals surface area contributed by atoms with Crippen LogP contribution >= 0.6 is 27.3 Å². The summed E-state index contributed by atoms with van der Waals surface area (Å²) in [5.41, 5.74) is 1.66. The second kappa shape index (κ2) is 6.25. The molecule has 0 spiro atoms. The van der Waals surface area contributed by atoms with Gasteiger partial charge in [0.15, 0.2) is 5.01 Å². The van der Waals surface area contributed by atoms with E-state index < -0.39 is 0 Å². The van der Waals surface area contributed by atoms with Gasteiger partial charge in [0.2, 0.25) is 5.13 Å². The first-order chi connectivity index (χ1) is 11.6. The topological polar surface area (TPSA) is 46.8 Å². The van der Waals surface area contributed by atoms with Crippen LogP contribution in [0.1, 0.15) is 24.4 Å². The smallest absolute Gasteiger partial charge is 0.209 e. The van der Waals surface area contributed by atoms with Crippen molar-refractivity contribution in [2.45, 2.75) is 18.9 Å². The van der Waals surface area contributed by atoms with Gasteiger partial charge >= 0.3 is 0 Å². The van der Waals surface area contributed by atoms with Gasteiger partial charge in [0.25, 0.3) is 0 Å². The number of aryl methyl sites for hydroxylation is 1. The van der Waals surface area contributed by atoms with Gasteiger partial charge in [0.05, 0.1) is 12.2 Å². The molecule has 0 amide bonds. The van der Waals surface area contributed by atoms with Crippen molar-refractivity contribution in [1.29, 1.82) is 0 Å². The average Bonchev–Trinajstić information content (AvgIpc) is 3.28. The van der Waals surface area contributed by atoms with Crippen LogP contribution in [-0.2, 0) is 7.05 Å². The molecule has 0 N–H and O–H groups in total. The molecule has 0 bridgehead atoms. The van der Waals surface area contributed by atoms with Crippen LogP contribution in [0.25, 0.3) is 10.6 Å². The molecule has 0 saturated carbocycles. The minimum Gasteiger partial charge on any atom is -0.339 e. The molecule has 1 atom stereocenters. The van der Waals surface area contributed by atoms with Crippen LogP contribution in [0, 0.1) is 5.82 Å². The van der Waals surface area contributed by atoms with E-state index in [9.17, 15) is 4.39 Å². The van der Waals surface area contributed by atoms with E-state index in [-0.39, 0.29) is 11.9 Å². The molecule has 5 nitrogen and oxygen atoms in total. The van der Waals surface area contributed by atoms with Gasteiger partial charge in [-0.1, -0.05) is 27.3 Å². The molecule has 0 aliphatic carbocycles. The SMILES string of the molecule is Cn1cc(C2CCCN2c2nnc(-c3cc(Br)ccc3F)s2)cn1. The average molecular weight is 408 g/mol. The Hall–Kier alpha value is -1.80. The number of rotatable bonds is 3. The van der Waals surface area contributed by atoms with Crippen LogP contribution in [0.4, 0.5) is 9.52 Å². The molecular formula is C16H15BrFN5S. The Bertz CT molecular complexity index is 877. The van der Waals surface area contributed by atoms with Gasteiger partial charge in [0, 0.05) is 35.4 Å². The number of aromatic nitrogens is 4. The molecular weight excluding hydrogens is 393 g/mol. The number of nitrogens with zero attached hydrogens (tertiary/aromatic N) is 5. The fourth-order valence-electron chi connectivity index (χ4n) is 3.06. The van der Waals surface area contributed by atoms with Gasteiger partial charge < -0.3 is 4.90 Å². The highest BCUT2D eigenvalue weighted by Crippen LogP contribution is 2.39. The maximum Gasteiger partial charge on any atom is 0.209 e. The van der Waals surface area contributed by atoms with E-state index in [2.05, 4.69) is 36.1 Å². The second-order valence-corrected chi connectivity index (χ2v) is 7.68. The van der Waals surface area contributed by atoms with Gasteiger partial charge in [-0.3, -0.25) is 4.68 Å². The summed E-state index contributed by atoms with van der Waals surface area (Å²) in [5, 5.41) is 14.2. The van der Waals surface area contributed by atoms with Crippen molar-refractivity contribution in [1.82, 2.24) is 20.0 Å². The Morgan fingerprint density at radius 1 is 1.33 bits per heavy atom. The van der Waals surface area contributed by atoms with Crippen LogP contribution in [0.3, 0.4) is 0 Å². The van der Waals surface area contributed by atoms with E-state index in [1.807, 2.05) is 24.1 Å². The van der Waals surface area contributed by atoms with Gasteiger partial charge in [-0.15, -0.1) is 10.2 Å². The molecule has 3 heterocycles. The largest absolute Gasteiger partial charge is 0.339 e. The number of anilines is 1. The molecule has 24 heavy (non-hydrogen) atoms. The van der Waals surface area contributed by atoms with Crippen LogP contribution in [0.2, 0.25) is 0 Å². The summed E-state index contributed by atoms with van der Waals surface area (Å²) in [6, 6.07) is 5.11. The maximum atomic E-state index is 14.1. The lowest BCUT2D eigenvalue weighted by Gasteiger charge is -2.22. The second-order valence-electron chi connectivity index (χ2n) is 5.81. The summed E-state index contributed by atoms with van der Waals surface area (Å²) in [4.78, 5) is 2.24. The summed E-state index contributed by atoms with van der Waals surface area (Å²) in [7, 11) is 1.92. The van der Waals surface area contributed by atoms with Crippen molar-refractivity contribution in [3.63, 3.8) is 0 Å². The third-order valence-electron chi connectivity index (χ3n) is 4.18. The Labute approximate surface area is 151 Å². The number of hydrogen-bond acceptors (Lipinski definition) is 5. The fourth-order valence-corrected chi connectivity index (χ4v) is 4.36. The monoisotopic (exact) mass is 407 g/mol. The fraction of sp³-hybridized carbons (Fsp3) is 0.312. The number of hydrogen-bond donors (Lipinski definition) is 0. The summed E-state index contributed by atoms with van der Waals surface area (Å²) in [6.45, 7) is 0.926. The third kappa shape index (κ3) is 2.84. The zero-order valence-electron chi connectivity index (χ0n) is 13.0. The lowest BCUT2D eigenvalue weighted by molar-refractivity contribution is 0.630. The molecule has 1 fully saturated rings. The summed E-state index contributed by atoms with van der Waals surface area (Å²) < 4.78 is 16.7. The van der Waals surface area contributed by atoms with Gasteiger partial charge in [-0.05, 0) is 31.0 Å². The minimum atomic E-state index is -0.286. The molecule has 3 aromatic rings. The minimum absolute atomic E-state index is 0.256. The molecule has 1 aliphatic heterocycles. The maximum absolute atomic E-state index is 14.1. The van der Waals surface area contributed by atoms with Gasteiger partial charge in [-0.25, -0.2) is 4.39 Å². The summed E-state index contributed by atoms with van der Waals surface area (Å²) in [5.74, 6) is -0.286. The first-order valence-corrected chi connectivity index (χ1v) is 9.27. The van der Waals surface area contributed by atoms with Gasteiger partial charge in [-0.2, -0.15) is 5.10 Å². The molecule has 1 aliphatic rings. The summed E-state index contributed by atoms with van der Waals surface area (Å²) in [6.07, 6.45) is 6.10. The normalized spacial score (nSPS) is 17.6. The summed E-state index contributed by atoms with van der Waals surface area (Å²) >= 11 is 4.81. The Morgan fingerprint density at radius 2 is 2.21 bits per heavy atom. The number of benzene rings is 1. The molecule has 4 rings (SSSR count).